The molecule has 1 rings (SSSR count). The first-order valence-electron chi connectivity index (χ1n) is 3.46. The predicted molar refractivity (Wildman–Crippen MR) is 65.1 cm³/mol. The lowest BCUT2D eigenvalue weighted by Gasteiger charge is -2.07. The summed E-state index contributed by atoms with van der Waals surface area (Å²) in [5.41, 5.74) is 0.467. The molecule has 0 bridgehead atoms. The largest absolute Gasteiger partial charge is 0.281 e. The van der Waals surface area contributed by atoms with Crippen LogP contribution in [0.15, 0.2) is 27.1 Å². The molecule has 0 saturated carbocycles. The number of rotatable bonds is 3. The highest BCUT2D eigenvalue weighted by Gasteiger charge is 2.10. The Morgan fingerprint density at radius 2 is 2.00 bits per heavy atom. The van der Waals surface area contributed by atoms with Gasteiger partial charge in [0.15, 0.2) is 0 Å². The summed E-state index contributed by atoms with van der Waals surface area (Å²) in [6, 6.07) is 5.11. The van der Waals surface area contributed by atoms with E-state index in [9.17, 15) is 8.42 Å². The molecule has 7 heteroatoms. The van der Waals surface area contributed by atoms with Gasteiger partial charge in [0, 0.05) is 8.95 Å². The zero-order chi connectivity index (χ0) is 10.8. The summed E-state index contributed by atoms with van der Waals surface area (Å²) in [5.74, 6) is 0. The highest BCUT2D eigenvalue weighted by molar-refractivity contribution is 9.11. The van der Waals surface area contributed by atoms with Crippen molar-refractivity contribution in [2.75, 3.05) is 9.93 Å². The van der Waals surface area contributed by atoms with Gasteiger partial charge in [-0.25, -0.2) is 8.42 Å². The van der Waals surface area contributed by atoms with Gasteiger partial charge in [-0.2, -0.15) is 0 Å². The third kappa shape index (κ3) is 3.42. The van der Waals surface area contributed by atoms with Gasteiger partial charge in [0.1, 0.15) is 5.21 Å². The third-order valence-corrected chi connectivity index (χ3v) is 4.17. The zero-order valence-electron chi connectivity index (χ0n) is 6.80. The molecule has 14 heavy (non-hydrogen) atoms. The van der Waals surface area contributed by atoms with Crippen LogP contribution in [-0.2, 0) is 10.0 Å². The number of benzene rings is 1. The molecule has 0 amide bonds. The van der Waals surface area contributed by atoms with Crippen molar-refractivity contribution in [1.82, 2.24) is 0 Å². The van der Waals surface area contributed by atoms with Gasteiger partial charge in [-0.15, -0.1) is 11.6 Å². The third-order valence-electron chi connectivity index (χ3n) is 1.34. The van der Waals surface area contributed by atoms with E-state index < -0.39 is 15.2 Å². The molecule has 0 aliphatic rings. The lowest BCUT2D eigenvalue weighted by molar-refractivity contribution is 0.605. The Hall–Kier alpha value is 0.220. The smallest absolute Gasteiger partial charge is 0.246 e. The summed E-state index contributed by atoms with van der Waals surface area (Å²) in [7, 11) is -3.44. The quantitative estimate of drug-likeness (QED) is 0.839. The van der Waals surface area contributed by atoms with Crippen LogP contribution in [0.1, 0.15) is 0 Å². The van der Waals surface area contributed by atoms with Crippen molar-refractivity contribution in [2.24, 2.45) is 0 Å². The Morgan fingerprint density at radius 3 is 2.50 bits per heavy atom. The second-order valence-electron chi connectivity index (χ2n) is 2.45. The van der Waals surface area contributed by atoms with E-state index in [-0.39, 0.29) is 0 Å². The van der Waals surface area contributed by atoms with Gasteiger partial charge in [0.05, 0.1) is 5.69 Å². The summed E-state index contributed by atoms with van der Waals surface area (Å²) in [6.45, 7) is 0. The number of sulfonamides is 1. The Balaban J connectivity index is 2.99. The molecular weight excluding hydrogens is 357 g/mol. The molecule has 0 unspecified atom stereocenters. The summed E-state index contributed by atoms with van der Waals surface area (Å²) in [6.07, 6.45) is 0. The van der Waals surface area contributed by atoms with Crippen molar-refractivity contribution in [3.05, 3.63) is 27.1 Å². The van der Waals surface area contributed by atoms with Crippen LogP contribution in [0.5, 0.6) is 0 Å². The number of hydrogen-bond donors (Lipinski definition) is 1. The minimum Gasteiger partial charge on any atom is -0.281 e. The van der Waals surface area contributed by atoms with Crippen LogP contribution in [0.2, 0.25) is 0 Å². The molecule has 1 N–H and O–H groups in total. The Bertz CT molecular complexity index is 435. The van der Waals surface area contributed by atoms with Crippen LogP contribution >= 0.6 is 43.5 Å². The first-order chi connectivity index (χ1) is 6.44. The molecular formula is C7H6Br2ClNO2S. The maximum absolute atomic E-state index is 11.1. The van der Waals surface area contributed by atoms with Crippen molar-refractivity contribution in [1.29, 1.82) is 0 Å². The fraction of sp³-hybridized carbons (Fsp3) is 0.143. The Labute approximate surface area is 104 Å². The number of nitrogens with one attached hydrogen (secondary N) is 1. The summed E-state index contributed by atoms with van der Waals surface area (Å²) in [5, 5.41) is -0.463. The first kappa shape index (κ1) is 12.3. The van der Waals surface area contributed by atoms with Crippen molar-refractivity contribution >= 4 is 59.2 Å². The van der Waals surface area contributed by atoms with Gasteiger partial charge in [0.2, 0.25) is 10.0 Å². The fourth-order valence-electron chi connectivity index (χ4n) is 0.767. The van der Waals surface area contributed by atoms with Gasteiger partial charge < -0.3 is 0 Å². The average Bonchev–Trinajstić information content (AvgIpc) is 2.10. The molecule has 1 aromatic carbocycles. The summed E-state index contributed by atoms with van der Waals surface area (Å²) < 4.78 is 26.1. The molecule has 78 valence electrons. The molecule has 0 heterocycles. The zero-order valence-corrected chi connectivity index (χ0v) is 11.5. The Kier molecular flexibility index (Phi) is 4.24. The van der Waals surface area contributed by atoms with Gasteiger partial charge in [-0.3, -0.25) is 4.72 Å². The molecule has 0 saturated heterocycles. The minimum atomic E-state index is -3.44. The summed E-state index contributed by atoms with van der Waals surface area (Å²) in [4.78, 5) is 0. The molecule has 0 spiro atoms. The highest BCUT2D eigenvalue weighted by Crippen LogP contribution is 2.26. The van der Waals surface area contributed by atoms with Crippen molar-refractivity contribution in [2.45, 2.75) is 0 Å². The Morgan fingerprint density at radius 1 is 1.36 bits per heavy atom. The van der Waals surface area contributed by atoms with Crippen molar-refractivity contribution in [3.8, 4) is 0 Å². The molecule has 0 fully saturated rings. The van der Waals surface area contributed by atoms with Crippen molar-refractivity contribution in [3.63, 3.8) is 0 Å². The lowest BCUT2D eigenvalue weighted by atomic mass is 10.3. The predicted octanol–water partition coefficient (Wildman–Crippen LogP) is 3.15. The molecule has 3 nitrogen and oxygen atoms in total. The first-order valence-corrected chi connectivity index (χ1v) is 7.23. The molecule has 0 radical (unpaired) electrons. The van der Waals surface area contributed by atoms with E-state index in [4.69, 9.17) is 11.6 Å². The molecule has 0 aliphatic heterocycles. The van der Waals surface area contributed by atoms with Crippen molar-refractivity contribution < 1.29 is 8.42 Å². The van der Waals surface area contributed by atoms with Gasteiger partial charge >= 0.3 is 0 Å². The number of hydrogen-bond acceptors (Lipinski definition) is 2. The fourth-order valence-corrected chi connectivity index (χ4v) is 2.78. The maximum atomic E-state index is 11.1. The second-order valence-corrected chi connectivity index (χ2v) is 6.53. The monoisotopic (exact) mass is 361 g/mol. The topological polar surface area (TPSA) is 46.2 Å². The van der Waals surface area contributed by atoms with E-state index in [1.54, 1.807) is 18.2 Å². The number of alkyl halides is 1. The maximum Gasteiger partial charge on any atom is 0.246 e. The van der Waals surface area contributed by atoms with Crippen LogP contribution in [-0.4, -0.2) is 13.6 Å². The highest BCUT2D eigenvalue weighted by atomic mass is 79.9. The molecule has 1 aromatic rings. The SMILES string of the molecule is O=S(=O)(CCl)Nc1ccc(Br)cc1Br. The van der Waals surface area contributed by atoms with Gasteiger partial charge in [0.25, 0.3) is 0 Å². The summed E-state index contributed by atoms with van der Waals surface area (Å²) >= 11 is 11.7. The average molecular weight is 363 g/mol. The van der Waals surface area contributed by atoms with E-state index in [1.165, 1.54) is 0 Å². The number of halogens is 3. The second kappa shape index (κ2) is 4.83. The van der Waals surface area contributed by atoms with Crippen LogP contribution in [0.3, 0.4) is 0 Å². The normalized spacial score (nSPS) is 11.4. The van der Waals surface area contributed by atoms with E-state index in [2.05, 4.69) is 36.6 Å². The molecule has 0 aromatic heterocycles. The van der Waals surface area contributed by atoms with Gasteiger partial charge in [-0.1, -0.05) is 15.9 Å². The van der Waals surface area contributed by atoms with E-state index in [0.29, 0.717) is 10.2 Å². The lowest BCUT2D eigenvalue weighted by Crippen LogP contribution is -2.13. The van der Waals surface area contributed by atoms with Crippen LogP contribution in [0, 0.1) is 0 Å². The standard InChI is InChI=1S/C7H6Br2ClNO2S/c8-5-1-2-7(6(9)3-5)11-14(12,13)4-10/h1-3,11H,4H2. The molecule has 0 atom stereocenters. The van der Waals surface area contributed by atoms with Gasteiger partial charge in [-0.05, 0) is 34.1 Å². The van der Waals surface area contributed by atoms with E-state index in [0.717, 1.165) is 4.47 Å². The molecule has 0 aliphatic carbocycles. The minimum absolute atomic E-state index is 0.463. The van der Waals surface area contributed by atoms with Crippen LogP contribution in [0.25, 0.3) is 0 Å². The van der Waals surface area contributed by atoms with Crippen LogP contribution < -0.4 is 4.72 Å². The van der Waals surface area contributed by atoms with Crippen LogP contribution in [0.4, 0.5) is 5.69 Å². The number of anilines is 1. The van der Waals surface area contributed by atoms with E-state index >= 15 is 0 Å². The van der Waals surface area contributed by atoms with E-state index in [1.807, 2.05) is 0 Å².